The van der Waals surface area contributed by atoms with Gasteiger partial charge in [0.1, 0.15) is 0 Å². The largest absolute Gasteiger partial charge is 0.312 e. The first-order valence-corrected chi connectivity index (χ1v) is 9.64. The van der Waals surface area contributed by atoms with Gasteiger partial charge in [-0.15, -0.1) is 0 Å². The Balaban J connectivity index is 2.13. The smallest absolute Gasteiger partial charge is 0.0335 e. The summed E-state index contributed by atoms with van der Waals surface area (Å²) in [4.78, 5) is 2.76. The van der Waals surface area contributed by atoms with Crippen molar-refractivity contribution in [2.75, 3.05) is 19.6 Å². The van der Waals surface area contributed by atoms with Crippen LogP contribution in [0.2, 0.25) is 0 Å². The van der Waals surface area contributed by atoms with E-state index >= 15 is 0 Å². The van der Waals surface area contributed by atoms with Crippen LogP contribution in [0, 0.1) is 0 Å². The van der Waals surface area contributed by atoms with Crippen molar-refractivity contribution in [3.8, 4) is 0 Å². The van der Waals surface area contributed by atoms with Gasteiger partial charge in [-0.1, -0.05) is 20.3 Å². The van der Waals surface area contributed by atoms with Gasteiger partial charge in [-0.25, -0.2) is 0 Å². The van der Waals surface area contributed by atoms with E-state index in [-0.39, 0.29) is 5.54 Å². The van der Waals surface area contributed by atoms with Gasteiger partial charge in [0.05, 0.1) is 0 Å². The fraction of sp³-hybridized carbons (Fsp3) is 0.778. The van der Waals surface area contributed by atoms with Gasteiger partial charge in [0.2, 0.25) is 0 Å². The molecule has 1 aromatic rings. The van der Waals surface area contributed by atoms with Crippen LogP contribution in [-0.4, -0.2) is 36.1 Å². The predicted molar refractivity (Wildman–Crippen MR) is 94.2 cm³/mol. The molecule has 1 N–H and O–H groups in total. The molecule has 120 valence electrons. The minimum atomic E-state index is 0.275. The van der Waals surface area contributed by atoms with Gasteiger partial charge in [0.25, 0.3) is 0 Å². The second kappa shape index (κ2) is 8.30. The first-order chi connectivity index (χ1) is 10.2. The van der Waals surface area contributed by atoms with Crippen LogP contribution < -0.4 is 5.32 Å². The highest BCUT2D eigenvalue weighted by molar-refractivity contribution is 7.07. The maximum Gasteiger partial charge on any atom is 0.0335 e. The zero-order valence-electron chi connectivity index (χ0n) is 14.0. The van der Waals surface area contributed by atoms with E-state index in [2.05, 4.69) is 47.8 Å². The molecule has 2 unspecified atom stereocenters. The van der Waals surface area contributed by atoms with Crippen LogP contribution >= 0.6 is 11.3 Å². The molecular formula is C18H32N2S. The van der Waals surface area contributed by atoms with Crippen molar-refractivity contribution in [1.82, 2.24) is 10.2 Å². The number of nitrogens with one attached hydrogen (secondary N) is 1. The van der Waals surface area contributed by atoms with Gasteiger partial charge in [-0.05, 0) is 81.1 Å². The van der Waals surface area contributed by atoms with Crippen LogP contribution in [0.15, 0.2) is 16.8 Å². The number of nitrogens with zero attached hydrogens (tertiary/aromatic N) is 1. The average molecular weight is 309 g/mol. The summed E-state index contributed by atoms with van der Waals surface area (Å²) in [5.74, 6) is 0. The lowest BCUT2D eigenvalue weighted by Gasteiger charge is -2.48. The molecule has 0 spiro atoms. The van der Waals surface area contributed by atoms with Crippen molar-refractivity contribution in [3.63, 3.8) is 0 Å². The molecule has 1 aliphatic heterocycles. The molecule has 2 nitrogen and oxygen atoms in total. The highest BCUT2D eigenvalue weighted by Gasteiger charge is 2.38. The lowest BCUT2D eigenvalue weighted by Crippen LogP contribution is -2.61. The molecule has 0 saturated carbocycles. The molecule has 1 aromatic heterocycles. The molecule has 2 atom stereocenters. The van der Waals surface area contributed by atoms with Crippen molar-refractivity contribution in [2.45, 2.75) is 70.9 Å². The predicted octanol–water partition coefficient (Wildman–Crippen LogP) is 4.31. The monoisotopic (exact) mass is 308 g/mol. The maximum absolute atomic E-state index is 3.86. The Morgan fingerprint density at radius 1 is 1.29 bits per heavy atom. The van der Waals surface area contributed by atoms with E-state index in [1.165, 1.54) is 50.8 Å². The Bertz CT molecular complexity index is 384. The third kappa shape index (κ3) is 4.30. The van der Waals surface area contributed by atoms with E-state index in [0.717, 1.165) is 13.0 Å². The van der Waals surface area contributed by atoms with Gasteiger partial charge in [-0.3, -0.25) is 4.90 Å². The summed E-state index contributed by atoms with van der Waals surface area (Å²) in [7, 11) is 0. The molecule has 1 saturated heterocycles. The summed E-state index contributed by atoms with van der Waals surface area (Å²) < 4.78 is 0. The van der Waals surface area contributed by atoms with Crippen LogP contribution in [0.3, 0.4) is 0 Å². The summed E-state index contributed by atoms with van der Waals surface area (Å²) in [6.07, 6.45) is 7.74. The van der Waals surface area contributed by atoms with Gasteiger partial charge < -0.3 is 5.32 Å². The topological polar surface area (TPSA) is 15.3 Å². The second-order valence-corrected chi connectivity index (χ2v) is 7.38. The fourth-order valence-electron chi connectivity index (χ4n) is 3.57. The lowest BCUT2D eigenvalue weighted by molar-refractivity contribution is 0.0430. The molecule has 0 bridgehead atoms. The van der Waals surface area contributed by atoms with Crippen LogP contribution in [0.1, 0.15) is 58.4 Å². The van der Waals surface area contributed by atoms with Gasteiger partial charge in [0, 0.05) is 11.6 Å². The van der Waals surface area contributed by atoms with E-state index in [0.29, 0.717) is 6.04 Å². The number of thiophene rings is 1. The second-order valence-electron chi connectivity index (χ2n) is 6.60. The summed E-state index contributed by atoms with van der Waals surface area (Å²) >= 11 is 1.82. The molecular weight excluding hydrogens is 276 g/mol. The minimum Gasteiger partial charge on any atom is -0.312 e. The van der Waals surface area contributed by atoms with Crippen molar-refractivity contribution >= 4 is 11.3 Å². The average Bonchev–Trinajstić information content (AvgIpc) is 3.04. The van der Waals surface area contributed by atoms with Crippen molar-refractivity contribution in [3.05, 3.63) is 22.4 Å². The maximum atomic E-state index is 3.86. The first-order valence-electron chi connectivity index (χ1n) is 8.70. The summed E-state index contributed by atoms with van der Waals surface area (Å²) in [6.45, 7) is 10.8. The molecule has 0 amide bonds. The molecule has 1 aliphatic rings. The normalized spacial score (nSPS) is 21.1. The Labute approximate surface area is 134 Å². The molecule has 2 heterocycles. The number of likely N-dealkylation sites (tertiary alicyclic amines) is 1. The van der Waals surface area contributed by atoms with E-state index in [4.69, 9.17) is 0 Å². The molecule has 1 fully saturated rings. The van der Waals surface area contributed by atoms with Crippen LogP contribution in [0.25, 0.3) is 0 Å². The minimum absolute atomic E-state index is 0.275. The summed E-state index contributed by atoms with van der Waals surface area (Å²) in [5, 5.41) is 8.38. The van der Waals surface area contributed by atoms with Crippen LogP contribution in [0.4, 0.5) is 0 Å². The number of piperidine rings is 1. The standard InChI is InChI=1S/C18H32N2S/c1-4-10-19-17(14-16-9-13-21-15-16)18(3,5-2)20-11-7-6-8-12-20/h9,13,15,17,19H,4-8,10-12,14H2,1-3H3. The zero-order chi connectivity index (χ0) is 15.1. The molecule has 0 radical (unpaired) electrons. The van der Waals surface area contributed by atoms with Crippen molar-refractivity contribution < 1.29 is 0 Å². The van der Waals surface area contributed by atoms with Crippen molar-refractivity contribution in [1.29, 1.82) is 0 Å². The lowest BCUT2D eigenvalue weighted by atomic mass is 9.82. The van der Waals surface area contributed by atoms with E-state index in [1.807, 2.05) is 11.3 Å². The first kappa shape index (κ1) is 17.0. The van der Waals surface area contributed by atoms with Crippen LogP contribution in [0.5, 0.6) is 0 Å². The number of hydrogen-bond donors (Lipinski definition) is 1. The van der Waals surface area contributed by atoms with E-state index in [9.17, 15) is 0 Å². The zero-order valence-corrected chi connectivity index (χ0v) is 14.8. The fourth-order valence-corrected chi connectivity index (χ4v) is 4.25. The highest BCUT2D eigenvalue weighted by atomic mass is 32.1. The Kier molecular flexibility index (Phi) is 6.72. The van der Waals surface area contributed by atoms with Gasteiger partial charge >= 0.3 is 0 Å². The number of rotatable bonds is 8. The SMILES string of the molecule is CCCNC(Cc1ccsc1)C(C)(CC)N1CCCCC1. The number of hydrogen-bond acceptors (Lipinski definition) is 3. The molecule has 2 rings (SSSR count). The summed E-state index contributed by atoms with van der Waals surface area (Å²) in [5.41, 5.74) is 1.77. The Morgan fingerprint density at radius 3 is 2.62 bits per heavy atom. The van der Waals surface area contributed by atoms with Gasteiger partial charge in [-0.2, -0.15) is 11.3 Å². The molecule has 21 heavy (non-hydrogen) atoms. The Hall–Kier alpha value is -0.380. The van der Waals surface area contributed by atoms with Gasteiger partial charge in [0.15, 0.2) is 0 Å². The summed E-state index contributed by atoms with van der Waals surface area (Å²) in [6, 6.07) is 2.84. The van der Waals surface area contributed by atoms with E-state index < -0.39 is 0 Å². The molecule has 3 heteroatoms. The highest BCUT2D eigenvalue weighted by Crippen LogP contribution is 2.29. The van der Waals surface area contributed by atoms with Crippen molar-refractivity contribution in [2.24, 2.45) is 0 Å². The quantitative estimate of drug-likeness (QED) is 0.769. The van der Waals surface area contributed by atoms with E-state index in [1.54, 1.807) is 0 Å². The van der Waals surface area contributed by atoms with Crippen LogP contribution in [-0.2, 0) is 6.42 Å². The Morgan fingerprint density at radius 2 is 2.05 bits per heavy atom. The third-order valence-corrected chi connectivity index (χ3v) is 5.94. The molecule has 0 aromatic carbocycles. The third-order valence-electron chi connectivity index (χ3n) is 5.21. The molecule has 0 aliphatic carbocycles.